The molecule has 0 aliphatic carbocycles. The van der Waals surface area contributed by atoms with Gasteiger partial charge in [-0.2, -0.15) is 0 Å². The van der Waals surface area contributed by atoms with Crippen LogP contribution in [0.15, 0.2) is 12.2 Å². The summed E-state index contributed by atoms with van der Waals surface area (Å²) in [6.45, 7) is 7.93. The third kappa shape index (κ3) is 19.1. The maximum absolute atomic E-state index is 11.7. The van der Waals surface area contributed by atoms with Gasteiger partial charge in [-0.3, -0.25) is 9.59 Å². The minimum Gasteiger partial charge on any atom is -0.461 e. The number of ketones is 1. The van der Waals surface area contributed by atoms with Crippen LogP contribution >= 0.6 is 0 Å². The van der Waals surface area contributed by atoms with Crippen LogP contribution in [0.1, 0.15) is 110 Å². The minimum atomic E-state index is -0.428. The fraction of sp³-hybridized carbons (Fsp3) is 0.818. The molecule has 0 aromatic heterocycles. The zero-order valence-corrected chi connectivity index (χ0v) is 16.7. The van der Waals surface area contributed by atoms with Crippen molar-refractivity contribution in [2.24, 2.45) is 0 Å². The fourth-order valence-electron chi connectivity index (χ4n) is 2.84. The van der Waals surface area contributed by atoms with E-state index in [9.17, 15) is 9.59 Å². The molecule has 0 aliphatic heterocycles. The Bertz CT molecular complexity index is 360. The quantitative estimate of drug-likeness (QED) is 0.122. The summed E-state index contributed by atoms with van der Waals surface area (Å²) >= 11 is 0. The van der Waals surface area contributed by atoms with Gasteiger partial charge in [-0.15, -0.1) is 0 Å². The van der Waals surface area contributed by atoms with Gasteiger partial charge in [-0.25, -0.2) is 0 Å². The van der Waals surface area contributed by atoms with E-state index in [2.05, 4.69) is 13.5 Å². The van der Waals surface area contributed by atoms with Crippen molar-refractivity contribution in [1.29, 1.82) is 0 Å². The molecule has 0 fully saturated rings. The third-order valence-electron chi connectivity index (χ3n) is 4.38. The molecule has 0 rings (SSSR count). The third-order valence-corrected chi connectivity index (χ3v) is 4.38. The molecule has 0 radical (unpaired) electrons. The lowest BCUT2D eigenvalue weighted by Crippen LogP contribution is -2.12. The molecular weight excluding hydrogens is 312 g/mol. The van der Waals surface area contributed by atoms with E-state index < -0.39 is 5.97 Å². The molecule has 0 bridgehead atoms. The highest BCUT2D eigenvalue weighted by Gasteiger charge is 2.10. The number of hydrogen-bond donors (Lipinski definition) is 0. The zero-order valence-electron chi connectivity index (χ0n) is 16.7. The highest BCUT2D eigenvalue weighted by molar-refractivity contribution is 5.95. The van der Waals surface area contributed by atoms with Gasteiger partial charge in [-0.1, -0.05) is 90.6 Å². The van der Waals surface area contributed by atoms with Crippen molar-refractivity contribution in [3.63, 3.8) is 0 Å². The summed E-state index contributed by atoms with van der Waals surface area (Å²) in [5.74, 6) is -0.433. The van der Waals surface area contributed by atoms with Crippen LogP contribution in [0.4, 0.5) is 0 Å². The van der Waals surface area contributed by atoms with Crippen LogP contribution in [0.2, 0.25) is 0 Å². The normalized spacial score (nSPS) is 10.6. The van der Waals surface area contributed by atoms with Crippen molar-refractivity contribution in [2.75, 3.05) is 6.61 Å². The Labute approximate surface area is 155 Å². The summed E-state index contributed by atoms with van der Waals surface area (Å²) in [4.78, 5) is 23.1. The highest BCUT2D eigenvalue weighted by Crippen LogP contribution is 2.13. The van der Waals surface area contributed by atoms with E-state index in [4.69, 9.17) is 4.74 Å². The number of esters is 1. The van der Waals surface area contributed by atoms with Crippen LogP contribution in [-0.4, -0.2) is 18.4 Å². The average molecular weight is 353 g/mol. The fourth-order valence-corrected chi connectivity index (χ4v) is 2.84. The average Bonchev–Trinajstić information content (AvgIpc) is 2.57. The van der Waals surface area contributed by atoms with Crippen LogP contribution in [0.5, 0.6) is 0 Å². The smallest absolute Gasteiger partial charge is 0.313 e. The van der Waals surface area contributed by atoms with Crippen molar-refractivity contribution >= 4 is 11.8 Å². The lowest BCUT2D eigenvalue weighted by Gasteiger charge is -2.04. The monoisotopic (exact) mass is 352 g/mol. The SMILES string of the molecule is C=C(C)COC(=O)CC(=O)CCCCCCCCCCCCCCC. The standard InChI is InChI=1S/C22H40O3/c1-4-5-6-7-8-9-10-11-12-13-14-15-16-17-21(23)18-22(24)25-19-20(2)3/h2,4-19H2,1,3H3. The second-order valence-corrected chi connectivity index (χ2v) is 7.33. The molecule has 3 heteroatoms. The molecule has 146 valence electrons. The van der Waals surface area contributed by atoms with Crippen molar-refractivity contribution in [3.05, 3.63) is 12.2 Å². The zero-order chi connectivity index (χ0) is 18.8. The van der Waals surface area contributed by atoms with Crippen molar-refractivity contribution in [2.45, 2.75) is 110 Å². The number of rotatable bonds is 18. The van der Waals surface area contributed by atoms with Crippen LogP contribution in [0, 0.1) is 0 Å². The van der Waals surface area contributed by atoms with Crippen LogP contribution in [0.3, 0.4) is 0 Å². The number of carbonyl (C=O) groups is 2. The first-order valence-electron chi connectivity index (χ1n) is 10.4. The predicted molar refractivity (Wildman–Crippen MR) is 106 cm³/mol. The highest BCUT2D eigenvalue weighted by atomic mass is 16.5. The molecule has 0 atom stereocenters. The van der Waals surface area contributed by atoms with Crippen LogP contribution in [-0.2, 0) is 14.3 Å². The van der Waals surface area contributed by atoms with E-state index in [-0.39, 0.29) is 18.8 Å². The molecule has 0 heterocycles. The van der Waals surface area contributed by atoms with E-state index in [0.717, 1.165) is 18.4 Å². The largest absolute Gasteiger partial charge is 0.461 e. The van der Waals surface area contributed by atoms with Gasteiger partial charge in [0.05, 0.1) is 0 Å². The van der Waals surface area contributed by atoms with Gasteiger partial charge in [0.15, 0.2) is 0 Å². The molecular formula is C22H40O3. The Balaban J connectivity index is 3.28. The number of Topliss-reactive ketones (excluding diaryl/α,β-unsaturated/α-hetero) is 1. The Hall–Kier alpha value is -1.12. The number of unbranched alkanes of at least 4 members (excludes halogenated alkanes) is 12. The first kappa shape index (κ1) is 23.9. The maximum atomic E-state index is 11.7. The molecule has 3 nitrogen and oxygen atoms in total. The molecule has 0 aliphatic rings. The second kappa shape index (κ2) is 17.7. The van der Waals surface area contributed by atoms with Crippen molar-refractivity contribution in [3.8, 4) is 0 Å². The topological polar surface area (TPSA) is 43.4 Å². The van der Waals surface area contributed by atoms with Gasteiger partial charge in [0, 0.05) is 6.42 Å². The summed E-state index contributed by atoms with van der Waals surface area (Å²) in [5, 5.41) is 0. The summed E-state index contributed by atoms with van der Waals surface area (Å²) in [6.07, 6.45) is 17.2. The molecule has 0 saturated carbocycles. The second-order valence-electron chi connectivity index (χ2n) is 7.33. The molecule has 0 aromatic rings. The number of carbonyl (C=O) groups excluding carboxylic acids is 2. The molecule has 0 aromatic carbocycles. The van der Waals surface area contributed by atoms with Crippen molar-refractivity contribution < 1.29 is 14.3 Å². The van der Waals surface area contributed by atoms with Crippen LogP contribution < -0.4 is 0 Å². The van der Waals surface area contributed by atoms with Gasteiger partial charge in [-0.05, 0) is 18.9 Å². The van der Waals surface area contributed by atoms with Crippen LogP contribution in [0.25, 0.3) is 0 Å². The molecule has 0 saturated heterocycles. The van der Waals surface area contributed by atoms with E-state index in [1.54, 1.807) is 6.92 Å². The van der Waals surface area contributed by atoms with Gasteiger partial charge in [0.1, 0.15) is 18.8 Å². The Morgan fingerprint density at radius 2 is 1.20 bits per heavy atom. The van der Waals surface area contributed by atoms with Gasteiger partial charge in [0.2, 0.25) is 0 Å². The van der Waals surface area contributed by atoms with E-state index in [1.165, 1.54) is 70.6 Å². The summed E-state index contributed by atoms with van der Waals surface area (Å²) in [6, 6.07) is 0. The maximum Gasteiger partial charge on any atom is 0.313 e. The Kier molecular flexibility index (Phi) is 16.9. The van der Waals surface area contributed by atoms with Gasteiger partial charge >= 0.3 is 5.97 Å². The van der Waals surface area contributed by atoms with E-state index in [0.29, 0.717) is 6.42 Å². The van der Waals surface area contributed by atoms with Gasteiger partial charge in [0.25, 0.3) is 0 Å². The number of ether oxygens (including phenoxy) is 1. The summed E-state index contributed by atoms with van der Waals surface area (Å²) in [7, 11) is 0. The molecule has 25 heavy (non-hydrogen) atoms. The molecule has 0 N–H and O–H groups in total. The summed E-state index contributed by atoms with van der Waals surface area (Å²) in [5.41, 5.74) is 0.789. The first-order valence-corrected chi connectivity index (χ1v) is 10.4. The Morgan fingerprint density at radius 3 is 1.64 bits per heavy atom. The first-order chi connectivity index (χ1) is 12.1. The predicted octanol–water partition coefficient (Wildman–Crippen LogP) is 6.55. The molecule has 0 amide bonds. The molecule has 0 spiro atoms. The number of hydrogen-bond acceptors (Lipinski definition) is 3. The molecule has 0 unspecified atom stereocenters. The lowest BCUT2D eigenvalue weighted by molar-refractivity contribution is -0.145. The minimum absolute atomic E-state index is 0.00483. The van der Waals surface area contributed by atoms with Gasteiger partial charge < -0.3 is 4.74 Å². The van der Waals surface area contributed by atoms with E-state index in [1.807, 2.05) is 0 Å². The van der Waals surface area contributed by atoms with Crippen molar-refractivity contribution in [1.82, 2.24) is 0 Å². The lowest BCUT2D eigenvalue weighted by atomic mass is 10.0. The van der Waals surface area contributed by atoms with E-state index >= 15 is 0 Å². The summed E-state index contributed by atoms with van der Waals surface area (Å²) < 4.78 is 4.93. The Morgan fingerprint density at radius 1 is 0.760 bits per heavy atom.